The molecule has 0 saturated heterocycles. The van der Waals surface area contributed by atoms with Crippen LogP contribution in [0, 0.1) is 6.92 Å². The zero-order valence-corrected chi connectivity index (χ0v) is 10.8. The van der Waals surface area contributed by atoms with Crippen molar-refractivity contribution in [2.24, 2.45) is 0 Å². The van der Waals surface area contributed by atoms with Gasteiger partial charge in [-0.3, -0.25) is 4.79 Å². The van der Waals surface area contributed by atoms with E-state index in [1.807, 2.05) is 61.0 Å². The van der Waals surface area contributed by atoms with Crippen molar-refractivity contribution < 1.29 is 4.79 Å². The number of allylic oxidation sites excluding steroid dienone is 1. The largest absolute Gasteiger partial charge is 0.341 e. The Hall–Kier alpha value is -2.09. The van der Waals surface area contributed by atoms with Gasteiger partial charge in [0.1, 0.15) is 0 Å². The third-order valence-electron chi connectivity index (χ3n) is 2.82. The van der Waals surface area contributed by atoms with Crippen molar-refractivity contribution in [3.8, 4) is 0 Å². The number of carbonyl (C=O) groups excluding carboxylic acids is 1. The molecule has 0 amide bonds. The van der Waals surface area contributed by atoms with Crippen molar-refractivity contribution in [2.45, 2.75) is 20.4 Å². The lowest BCUT2D eigenvalue weighted by Gasteiger charge is -2.08. The Labute approximate surface area is 108 Å². The monoisotopic (exact) mass is 239 g/mol. The summed E-state index contributed by atoms with van der Waals surface area (Å²) in [7, 11) is 0. The number of nitrogens with zero attached hydrogens (tertiary/aromatic N) is 1. The third kappa shape index (κ3) is 2.59. The van der Waals surface area contributed by atoms with Crippen molar-refractivity contribution >= 4 is 5.78 Å². The maximum Gasteiger partial charge on any atom is 0.209 e. The van der Waals surface area contributed by atoms with Gasteiger partial charge < -0.3 is 4.57 Å². The van der Waals surface area contributed by atoms with Crippen LogP contribution in [0.1, 0.15) is 28.5 Å². The number of carbonyl (C=O) groups is 1. The number of aryl methyl sites for hydroxylation is 1. The van der Waals surface area contributed by atoms with Crippen LogP contribution in [-0.4, -0.2) is 10.4 Å². The molecule has 1 aromatic carbocycles. The average molecular weight is 239 g/mol. The summed E-state index contributed by atoms with van der Waals surface area (Å²) in [6.45, 7) is 8.53. The van der Waals surface area contributed by atoms with Gasteiger partial charge in [0.25, 0.3) is 0 Å². The van der Waals surface area contributed by atoms with E-state index in [4.69, 9.17) is 0 Å². The molecule has 0 bridgehead atoms. The van der Waals surface area contributed by atoms with Gasteiger partial charge in [0.15, 0.2) is 0 Å². The molecule has 0 N–H and O–H groups in total. The number of benzene rings is 1. The smallest absolute Gasteiger partial charge is 0.209 e. The van der Waals surface area contributed by atoms with E-state index >= 15 is 0 Å². The first kappa shape index (κ1) is 12.4. The van der Waals surface area contributed by atoms with Gasteiger partial charge in [-0.1, -0.05) is 42.0 Å². The molecule has 0 atom stereocenters. The van der Waals surface area contributed by atoms with Crippen LogP contribution >= 0.6 is 0 Å². The molecule has 0 radical (unpaired) electrons. The molecule has 0 aliphatic carbocycles. The Morgan fingerprint density at radius 2 is 1.89 bits per heavy atom. The van der Waals surface area contributed by atoms with Crippen LogP contribution in [-0.2, 0) is 6.54 Å². The van der Waals surface area contributed by atoms with Crippen LogP contribution in [0.15, 0.2) is 54.7 Å². The van der Waals surface area contributed by atoms with Gasteiger partial charge in [-0.25, -0.2) is 0 Å². The fourth-order valence-corrected chi connectivity index (χ4v) is 1.90. The SMILES string of the molecule is C=C(C)Cn1cccc1C(=O)c1ccc(C)cc1. The average Bonchev–Trinajstić information content (AvgIpc) is 2.76. The molecule has 92 valence electrons. The lowest BCUT2D eigenvalue weighted by Crippen LogP contribution is -2.10. The molecule has 2 aromatic rings. The van der Waals surface area contributed by atoms with Gasteiger partial charge in [0.2, 0.25) is 5.78 Å². The first-order chi connectivity index (χ1) is 8.58. The van der Waals surface area contributed by atoms with Gasteiger partial charge in [-0.15, -0.1) is 0 Å². The van der Waals surface area contributed by atoms with Crippen LogP contribution in [0.2, 0.25) is 0 Å². The van der Waals surface area contributed by atoms with E-state index in [-0.39, 0.29) is 5.78 Å². The van der Waals surface area contributed by atoms with Crippen LogP contribution in [0.5, 0.6) is 0 Å². The summed E-state index contributed by atoms with van der Waals surface area (Å²) in [5.41, 5.74) is 3.62. The van der Waals surface area contributed by atoms with Crippen LogP contribution in [0.4, 0.5) is 0 Å². The highest BCUT2D eigenvalue weighted by molar-refractivity contribution is 6.08. The summed E-state index contributed by atoms with van der Waals surface area (Å²) in [6, 6.07) is 11.4. The van der Waals surface area contributed by atoms with E-state index in [0.29, 0.717) is 12.2 Å². The summed E-state index contributed by atoms with van der Waals surface area (Å²) in [4.78, 5) is 12.4. The summed E-state index contributed by atoms with van der Waals surface area (Å²) >= 11 is 0. The van der Waals surface area contributed by atoms with Gasteiger partial charge in [0, 0.05) is 18.3 Å². The normalized spacial score (nSPS) is 10.3. The second-order valence-corrected chi connectivity index (χ2v) is 4.67. The first-order valence-electron chi connectivity index (χ1n) is 5.99. The van der Waals surface area contributed by atoms with Crippen LogP contribution in [0.3, 0.4) is 0 Å². The summed E-state index contributed by atoms with van der Waals surface area (Å²) in [5.74, 6) is 0.0567. The van der Waals surface area contributed by atoms with Crippen molar-refractivity contribution in [1.29, 1.82) is 0 Å². The van der Waals surface area contributed by atoms with Crippen molar-refractivity contribution in [3.63, 3.8) is 0 Å². The van der Waals surface area contributed by atoms with Gasteiger partial charge in [-0.2, -0.15) is 0 Å². The Bertz CT molecular complexity index is 575. The summed E-state index contributed by atoms with van der Waals surface area (Å²) in [6.07, 6.45) is 1.91. The molecule has 0 aliphatic rings. The van der Waals surface area contributed by atoms with E-state index in [2.05, 4.69) is 6.58 Å². The highest BCUT2D eigenvalue weighted by atomic mass is 16.1. The second kappa shape index (κ2) is 5.05. The molecular formula is C16H17NO. The van der Waals surface area contributed by atoms with Gasteiger partial charge in [-0.05, 0) is 26.0 Å². The Morgan fingerprint density at radius 1 is 1.22 bits per heavy atom. The standard InChI is InChI=1S/C16H17NO/c1-12(2)11-17-10-4-5-15(17)16(18)14-8-6-13(3)7-9-14/h4-10H,1,11H2,2-3H3. The van der Waals surface area contributed by atoms with E-state index in [0.717, 1.165) is 16.7 Å². The van der Waals surface area contributed by atoms with Gasteiger partial charge in [0.05, 0.1) is 5.69 Å². The van der Waals surface area contributed by atoms with Gasteiger partial charge >= 0.3 is 0 Å². The second-order valence-electron chi connectivity index (χ2n) is 4.67. The van der Waals surface area contributed by atoms with Crippen molar-refractivity contribution in [2.75, 3.05) is 0 Å². The van der Waals surface area contributed by atoms with Crippen molar-refractivity contribution in [1.82, 2.24) is 4.57 Å². The predicted octanol–water partition coefficient (Wildman–Crippen LogP) is 3.60. The minimum absolute atomic E-state index is 0.0567. The number of hydrogen-bond donors (Lipinski definition) is 0. The topological polar surface area (TPSA) is 22.0 Å². The minimum Gasteiger partial charge on any atom is -0.341 e. The lowest BCUT2D eigenvalue weighted by molar-refractivity contribution is 0.103. The quantitative estimate of drug-likeness (QED) is 0.590. The molecule has 2 heteroatoms. The Balaban J connectivity index is 2.31. The lowest BCUT2D eigenvalue weighted by atomic mass is 10.1. The fraction of sp³-hybridized carbons (Fsp3) is 0.188. The summed E-state index contributed by atoms with van der Waals surface area (Å²) in [5, 5.41) is 0. The fourth-order valence-electron chi connectivity index (χ4n) is 1.90. The van der Waals surface area contributed by atoms with E-state index in [1.165, 1.54) is 0 Å². The molecule has 0 aliphatic heterocycles. The molecule has 0 unspecified atom stereocenters. The molecular weight excluding hydrogens is 222 g/mol. The molecule has 2 rings (SSSR count). The predicted molar refractivity (Wildman–Crippen MR) is 73.9 cm³/mol. The first-order valence-corrected chi connectivity index (χ1v) is 5.99. The zero-order valence-electron chi connectivity index (χ0n) is 10.8. The number of ketones is 1. The Morgan fingerprint density at radius 3 is 2.50 bits per heavy atom. The highest BCUT2D eigenvalue weighted by Crippen LogP contribution is 2.13. The van der Waals surface area contributed by atoms with Crippen LogP contribution in [0.25, 0.3) is 0 Å². The number of rotatable bonds is 4. The Kier molecular flexibility index (Phi) is 3.47. The molecule has 2 nitrogen and oxygen atoms in total. The molecule has 0 saturated carbocycles. The van der Waals surface area contributed by atoms with E-state index < -0.39 is 0 Å². The molecule has 1 heterocycles. The minimum atomic E-state index is 0.0567. The van der Waals surface area contributed by atoms with Crippen molar-refractivity contribution in [3.05, 3.63) is 71.6 Å². The zero-order chi connectivity index (χ0) is 13.1. The number of hydrogen-bond acceptors (Lipinski definition) is 1. The van der Waals surface area contributed by atoms with E-state index in [9.17, 15) is 4.79 Å². The number of aromatic nitrogens is 1. The maximum atomic E-state index is 12.4. The van der Waals surface area contributed by atoms with Crippen LogP contribution < -0.4 is 0 Å². The molecule has 0 spiro atoms. The third-order valence-corrected chi connectivity index (χ3v) is 2.82. The highest BCUT2D eigenvalue weighted by Gasteiger charge is 2.12. The maximum absolute atomic E-state index is 12.4. The molecule has 0 fully saturated rings. The summed E-state index contributed by atoms with van der Waals surface area (Å²) < 4.78 is 1.94. The molecule has 1 aromatic heterocycles. The van der Waals surface area contributed by atoms with E-state index in [1.54, 1.807) is 0 Å². The molecule has 18 heavy (non-hydrogen) atoms.